The van der Waals surface area contributed by atoms with Crippen molar-refractivity contribution in [2.75, 3.05) is 194 Å². The second kappa shape index (κ2) is 58.2. The van der Waals surface area contributed by atoms with Crippen LogP contribution in [0.25, 0.3) is 0 Å². The van der Waals surface area contributed by atoms with Gasteiger partial charge >= 0.3 is 12.2 Å². The van der Waals surface area contributed by atoms with E-state index in [1.165, 1.54) is 81.4 Å². The van der Waals surface area contributed by atoms with E-state index in [1.807, 2.05) is 20.8 Å². The fraction of sp³-hybridized carbons (Fsp3) is 0.561. The lowest BCUT2D eigenvalue weighted by Gasteiger charge is -2.31. The topological polar surface area (TPSA) is 498 Å². The van der Waals surface area contributed by atoms with Gasteiger partial charge in [0.15, 0.2) is 35.5 Å². The number of methoxy groups -OCH3 is 3. The molecule has 5 aliphatic rings. The number of carbonyl (C=O) groups is 13. The number of benzene rings is 4. The molecule has 0 aromatic heterocycles. The molecule has 0 unspecified atom stereocenters. The van der Waals surface area contributed by atoms with Crippen LogP contribution in [0.5, 0.6) is 23.0 Å². The second-order valence-corrected chi connectivity index (χ2v) is 34.4. The first kappa shape index (κ1) is 112. The van der Waals surface area contributed by atoms with E-state index in [2.05, 4.69) is 31.9 Å². The summed E-state index contributed by atoms with van der Waals surface area (Å²) in [5.41, 5.74) is 3.32. The van der Waals surface area contributed by atoms with Gasteiger partial charge in [-0.15, -0.1) is 0 Å². The molecule has 4 aromatic carbocycles. The Bertz CT molecular complexity index is 4870. The van der Waals surface area contributed by atoms with Crippen LogP contribution in [0, 0.1) is 17.8 Å². The van der Waals surface area contributed by atoms with Crippen LogP contribution in [-0.2, 0) is 113 Å². The van der Waals surface area contributed by atoms with E-state index in [-0.39, 0.29) is 179 Å². The number of hydrogen-bond acceptors (Lipinski definition) is 31. The normalized spacial score (nSPS) is 16.8. The molecule has 5 aliphatic heterocycles. The van der Waals surface area contributed by atoms with E-state index in [9.17, 15) is 72.5 Å². The number of Topliss-reactive ketones (excluding diaryl/α,β-unsaturated/α-hetero) is 1. The number of rotatable bonds is 63. The maximum absolute atomic E-state index is 14.5. The van der Waals surface area contributed by atoms with Crippen LogP contribution in [-0.4, -0.2) is 318 Å². The molecule has 9 rings (SSSR count). The summed E-state index contributed by atoms with van der Waals surface area (Å²) in [6.07, 6.45) is 2.41. The summed E-state index contributed by atoms with van der Waals surface area (Å²) in [5.74, 6) is -5.44. The van der Waals surface area contributed by atoms with E-state index < -0.39 is 108 Å². The number of fused-ring (bicyclic) bond motifs is 4. The lowest BCUT2D eigenvalue weighted by atomic mass is 9.89. The third-order valence-corrected chi connectivity index (χ3v) is 23.0. The molecule has 4 aromatic rings. The highest BCUT2D eigenvalue weighted by Gasteiger charge is 2.48. The number of ether oxygens (including phenoxy) is 16. The monoisotopic (exact) mass is 1960 g/mol. The molecule has 768 valence electrons. The largest absolute Gasteiger partial charge is 0.493 e. The van der Waals surface area contributed by atoms with Crippen LogP contribution in [0.2, 0.25) is 0 Å². The van der Waals surface area contributed by atoms with E-state index in [0.717, 1.165) is 25.8 Å². The highest BCUT2D eigenvalue weighted by Crippen LogP contribution is 2.45. The van der Waals surface area contributed by atoms with E-state index >= 15 is 0 Å². The molecule has 0 aliphatic carbocycles. The molecule has 0 fully saturated rings. The Morgan fingerprint density at radius 1 is 0.429 bits per heavy atom. The molecule has 0 spiro atoms. The zero-order chi connectivity index (χ0) is 101. The summed E-state index contributed by atoms with van der Waals surface area (Å²) >= 11 is 0. The molecule has 12 amide bonds. The molecule has 0 radical (unpaired) electrons. The number of amides is 12. The van der Waals surface area contributed by atoms with Crippen molar-refractivity contribution in [2.45, 2.75) is 169 Å². The molecule has 42 heteroatoms. The summed E-state index contributed by atoms with van der Waals surface area (Å²) in [5, 5.41) is 40.5. The molecule has 5 heterocycles. The first-order valence-electron chi connectivity index (χ1n) is 47.1. The van der Waals surface area contributed by atoms with Crippen molar-refractivity contribution in [3.8, 4) is 23.0 Å². The standard InChI is InChI=1S/C98H135N11O31/c1-62(2)73(53-72(110)26-32-128-37-39-131-41-43-133-45-47-135-49-50-136-48-46-134-44-42-132-40-38-130-34-28-99-84(111)25-29-105-86(113)23-24-87(105)114)91(117)100-66(7)89(115)102-70-19-15-68(16-20-70)60-139-97(123)108-76-56-82(80(126-10)54-74(76)93(119)106-58-64(5)51-78(106)95(108)121)137-30-13-12-14-31-138-83-57-77-75(55-81(83)127-11)94(120)107-59-65(6)52-79(107)96(122)109(77)98(124)140-61-69-17-21-71(22-18-69)103-90(116)67(8)101-92(118)88(63(3)4)104-85(112)27-33-129-36-35-125-9/h15-24,54-59,62-63,66-67,73,78-79,88,95-96,121-122H,12-14,25-53,60-61H2,1-11H3,(H,99,111)(H,100,117)(H,101,118)(H,102,115)(H,103,116)(H,104,112)/t66-,67-,73-,78+,79+,88-,95+,96+/m1/s1. The molecule has 42 nitrogen and oxygen atoms in total. The van der Waals surface area contributed by atoms with Gasteiger partial charge in [-0.25, -0.2) is 19.4 Å². The fourth-order valence-electron chi connectivity index (χ4n) is 15.3. The van der Waals surface area contributed by atoms with Gasteiger partial charge in [0, 0.05) is 99.9 Å². The number of anilines is 4. The maximum atomic E-state index is 14.5. The van der Waals surface area contributed by atoms with Crippen molar-refractivity contribution >= 4 is 99.8 Å². The number of aliphatic hydroxyl groups excluding tert-OH is 2. The van der Waals surface area contributed by atoms with Gasteiger partial charge < -0.3 is 128 Å². The van der Waals surface area contributed by atoms with Crippen molar-refractivity contribution < 1.29 is 148 Å². The van der Waals surface area contributed by atoms with Gasteiger partial charge in [0.2, 0.25) is 35.4 Å². The average molecular weight is 1960 g/mol. The predicted molar refractivity (Wildman–Crippen MR) is 507 cm³/mol. The Morgan fingerprint density at radius 2 is 0.829 bits per heavy atom. The Hall–Kier alpha value is -12.1. The molecule has 0 bridgehead atoms. The Morgan fingerprint density at radius 3 is 1.24 bits per heavy atom. The van der Waals surface area contributed by atoms with Crippen molar-refractivity contribution in [2.24, 2.45) is 17.8 Å². The van der Waals surface area contributed by atoms with Gasteiger partial charge in [0.25, 0.3) is 23.6 Å². The predicted octanol–water partition coefficient (Wildman–Crippen LogP) is 6.78. The van der Waals surface area contributed by atoms with E-state index in [1.54, 1.807) is 81.7 Å². The molecule has 140 heavy (non-hydrogen) atoms. The van der Waals surface area contributed by atoms with Crippen LogP contribution in [0.15, 0.2) is 108 Å². The van der Waals surface area contributed by atoms with Gasteiger partial charge in [-0.2, -0.15) is 0 Å². The average Bonchev–Trinajstić information content (AvgIpc) is 1.60. The van der Waals surface area contributed by atoms with Crippen LogP contribution >= 0.6 is 0 Å². The van der Waals surface area contributed by atoms with Gasteiger partial charge in [-0.1, -0.05) is 63.1 Å². The number of carbonyl (C=O) groups excluding carboxylic acids is 13. The molecular weight excluding hydrogens is 1830 g/mol. The van der Waals surface area contributed by atoms with Gasteiger partial charge in [0.05, 0.1) is 188 Å². The molecule has 0 saturated carbocycles. The maximum Gasteiger partial charge on any atom is 0.416 e. The number of nitrogens with zero attached hydrogens (tertiary/aromatic N) is 5. The Labute approximate surface area is 814 Å². The quantitative estimate of drug-likeness (QED) is 0.0167. The number of unbranched alkanes of at least 4 members (excludes halogenated alkanes) is 2. The summed E-state index contributed by atoms with van der Waals surface area (Å²) in [6, 6.07) is 13.9. The van der Waals surface area contributed by atoms with Gasteiger partial charge in [-0.3, -0.25) is 57.6 Å². The Balaban J connectivity index is 0.656. The zero-order valence-corrected chi connectivity index (χ0v) is 81.5. The number of imide groups is 1. The smallest absolute Gasteiger partial charge is 0.416 e. The van der Waals surface area contributed by atoms with Crippen molar-refractivity contribution in [1.29, 1.82) is 0 Å². The number of hydrogen-bond donors (Lipinski definition) is 8. The summed E-state index contributed by atoms with van der Waals surface area (Å²) < 4.78 is 90.3. The van der Waals surface area contributed by atoms with Crippen molar-refractivity contribution in [3.63, 3.8) is 0 Å². The fourth-order valence-corrected chi connectivity index (χ4v) is 15.3. The molecule has 0 saturated heterocycles. The number of ketones is 1. The molecule has 8 N–H and O–H groups in total. The summed E-state index contributed by atoms with van der Waals surface area (Å²) in [6.45, 7) is 19.9. The first-order valence-corrected chi connectivity index (χ1v) is 47.1. The molecular formula is C98H135N11O31. The third kappa shape index (κ3) is 34.4. The summed E-state index contributed by atoms with van der Waals surface area (Å²) in [4.78, 5) is 178. The van der Waals surface area contributed by atoms with Crippen LogP contribution in [0.1, 0.15) is 145 Å². The second-order valence-electron chi connectivity index (χ2n) is 34.4. The minimum absolute atomic E-state index is 0.00310. The first-order chi connectivity index (χ1) is 67.4. The van der Waals surface area contributed by atoms with Gasteiger partial charge in [-0.05, 0) is 119 Å². The number of aliphatic hydroxyl groups is 2. The minimum atomic E-state index is -1.60. The summed E-state index contributed by atoms with van der Waals surface area (Å²) in [7, 11) is 4.34. The highest BCUT2D eigenvalue weighted by molar-refractivity contribution is 6.13. The van der Waals surface area contributed by atoms with Crippen molar-refractivity contribution in [1.82, 2.24) is 36.0 Å². The van der Waals surface area contributed by atoms with Gasteiger partial charge in [0.1, 0.15) is 37.1 Å². The lowest BCUT2D eigenvalue weighted by Crippen LogP contribution is -2.53. The Kier molecular flexibility index (Phi) is 46.4. The third-order valence-electron chi connectivity index (χ3n) is 23.0. The SMILES string of the molecule is COCCOCCC(=O)N[C@@H](C(=O)N[C@H](C)C(=O)Nc1ccc(COC(=O)N2c3cc(OCCCCCOc4cc5c(cc4OC)C(=O)N4C=C(C)C[C@H]4[C@H](O)N5C(=O)OCc4ccc(NC(=O)[C@@H](C)NC(=O)[C@H](CC(=O)CCOCCOCCOCCOCCOCCOCCOCCOCCNC(=O)CCN5C(=O)C=CC5=O)C(C)C)cc4)c(OC)cc3C(=O)N3C=C(C)C[C@H]3[C@@H]2O)cc1)C(C)C. The van der Waals surface area contributed by atoms with Crippen molar-refractivity contribution in [3.05, 3.63) is 131 Å². The van der Waals surface area contributed by atoms with Crippen LogP contribution in [0.4, 0.5) is 32.3 Å². The number of nitrogens with one attached hydrogen (secondary N) is 6. The zero-order valence-electron chi connectivity index (χ0n) is 81.5. The van der Waals surface area contributed by atoms with Crippen LogP contribution < -0.4 is 60.6 Å². The highest BCUT2D eigenvalue weighted by atomic mass is 16.6. The van der Waals surface area contributed by atoms with Crippen LogP contribution in [0.3, 0.4) is 0 Å². The minimum Gasteiger partial charge on any atom is -0.493 e. The van der Waals surface area contributed by atoms with E-state index in [4.69, 9.17) is 75.8 Å². The molecule has 8 atom stereocenters. The lowest BCUT2D eigenvalue weighted by molar-refractivity contribution is -0.137. The van der Waals surface area contributed by atoms with E-state index in [0.29, 0.717) is 141 Å².